The van der Waals surface area contributed by atoms with E-state index in [0.717, 1.165) is 64.7 Å². The molecule has 83 heavy (non-hydrogen) atoms. The number of nitrogens with two attached hydrogens (primary N) is 2. The molecule has 0 fully saturated rings. The Hall–Kier alpha value is -6.11. The number of aliphatic carboxylic acids is 1. The second kappa shape index (κ2) is 35.9. The maximum absolute atomic E-state index is 11.7. The first-order chi connectivity index (χ1) is 38.2. The zero-order valence-electron chi connectivity index (χ0n) is 46.5. The number of hydrogen-bond acceptors (Lipinski definition) is 19. The number of hydrogen-bond donors (Lipinski definition) is 6. The van der Waals surface area contributed by atoms with Crippen LogP contribution in [0.4, 0.5) is 29.1 Å². The number of fused-ring (bicyclic) bond motifs is 3. The number of nitrogen functional groups attached to an aromatic ring is 2. The van der Waals surface area contributed by atoms with Gasteiger partial charge in [0.15, 0.2) is 0 Å². The van der Waals surface area contributed by atoms with E-state index >= 15 is 0 Å². The van der Waals surface area contributed by atoms with Crippen molar-refractivity contribution < 1.29 is 43.3 Å². The van der Waals surface area contributed by atoms with Crippen molar-refractivity contribution in [1.29, 1.82) is 0 Å². The minimum Gasteiger partial charge on any atom is -0.478 e. The van der Waals surface area contributed by atoms with Crippen molar-refractivity contribution in [2.75, 3.05) is 88.4 Å². The van der Waals surface area contributed by atoms with E-state index in [4.69, 9.17) is 26.0 Å². The third kappa shape index (κ3) is 27.4. The standard InChI is InChI=1S/C16H21N3O3.C12H13N3O3.C11H16BrN3O2.C9H10BrN3O.C6H6Br2N2.CH4.BrH/c1-16(2,3)22-14(21)6-5-11-7-12-9-19(4)10-13(20)18-15(12)17-8-11;1-15-6-9-4-8(2-3-11(17)18)5-13-12(9)14-10(16)7-15;1-3-17-10(16)7-15(2)6-8-4-9(12)5-14-11(8)13;1-13-4-6-2-7(10)3-11-9(6)12-8(14)5-13;7-2-4-1-5(8)3-10-6(4)9;;/h5-8H,9-10H2,1-4H3,(H,17,18,20);2-5H,6-7H2,1H3,(H,17,18)(H,13,14,16);4-5H,3,6-7H2,1-2H3,(H2,13,14);2-3H,4-5H2,1H3,(H,11,12,14);1,3H,2H2,(H2,9,10);1H4;1H/b6-5+;3-2+;;;;;. The number of aromatic nitrogens is 5. The lowest BCUT2D eigenvalue weighted by atomic mass is 10.1. The average Bonchev–Trinajstić information content (AvgIpc) is 3.99. The highest BCUT2D eigenvalue weighted by atomic mass is 79.9. The first-order valence-corrected chi connectivity index (χ1v) is 28.3. The summed E-state index contributed by atoms with van der Waals surface area (Å²) >= 11 is 13.3. The van der Waals surface area contributed by atoms with Crippen molar-refractivity contribution in [3.05, 3.63) is 126 Å². The molecule has 0 unspecified atom stereocenters. The Morgan fingerprint density at radius 3 is 1.48 bits per heavy atom. The molecule has 8 rings (SSSR count). The SMILES string of the molecule is Br.C.CCOC(=O)CN(C)Cc1cc(Br)cnc1N.CN1CC(=O)Nc2ncc(/C=C/C(=O)O)cc2C1.CN1CC(=O)Nc2ncc(/C=C/C(=O)OC(C)(C)C)cc2C1.CN1CC(=O)Nc2ncc(Br)cc2C1.Nc1ncc(Br)cc1CBr. The Morgan fingerprint density at radius 1 is 0.663 bits per heavy atom. The number of rotatable bonds is 10. The average molecular weight is 1470 g/mol. The van der Waals surface area contributed by atoms with E-state index in [0.29, 0.717) is 80.5 Å². The van der Waals surface area contributed by atoms with Gasteiger partial charge in [-0.2, -0.15) is 0 Å². The number of pyridine rings is 5. The fourth-order valence-corrected chi connectivity index (χ4v) is 8.95. The quantitative estimate of drug-likeness (QED) is 0.0433. The number of halogens is 5. The monoisotopic (exact) mass is 1470 g/mol. The van der Waals surface area contributed by atoms with Crippen molar-refractivity contribution in [2.45, 2.75) is 72.2 Å². The Labute approximate surface area is 528 Å². The van der Waals surface area contributed by atoms with Crippen LogP contribution in [0.2, 0.25) is 0 Å². The second-order valence-electron chi connectivity index (χ2n) is 19.4. The molecule has 23 nitrogen and oxygen atoms in total. The molecule has 28 heteroatoms. The summed E-state index contributed by atoms with van der Waals surface area (Å²) in [5, 5.41) is 17.6. The first-order valence-electron chi connectivity index (χ1n) is 24.8. The highest BCUT2D eigenvalue weighted by Gasteiger charge is 2.21. The van der Waals surface area contributed by atoms with E-state index in [1.54, 1.807) is 37.8 Å². The van der Waals surface area contributed by atoms with Crippen LogP contribution >= 0.6 is 80.7 Å². The van der Waals surface area contributed by atoms with Crippen LogP contribution in [0.25, 0.3) is 12.2 Å². The van der Waals surface area contributed by atoms with Crippen LogP contribution in [0, 0.1) is 0 Å². The van der Waals surface area contributed by atoms with E-state index in [1.807, 2.05) is 98.9 Å². The predicted molar refractivity (Wildman–Crippen MR) is 342 cm³/mol. The van der Waals surface area contributed by atoms with Gasteiger partial charge in [-0.05, 0) is 157 Å². The Bertz CT molecular complexity index is 3090. The van der Waals surface area contributed by atoms with Crippen LogP contribution in [0.5, 0.6) is 0 Å². The molecule has 3 amide bonds. The third-order valence-corrected chi connectivity index (χ3v) is 12.6. The normalized spacial score (nSPS) is 14.0. The molecule has 5 aromatic heterocycles. The van der Waals surface area contributed by atoms with Gasteiger partial charge in [-0.25, -0.2) is 34.5 Å². The lowest BCUT2D eigenvalue weighted by molar-refractivity contribution is -0.148. The summed E-state index contributed by atoms with van der Waals surface area (Å²) in [6.45, 7) is 11.4. The fraction of sp³-hybridized carbons (Fsp3) is 0.364. The molecule has 8 N–H and O–H groups in total. The van der Waals surface area contributed by atoms with Gasteiger partial charge in [-0.15, -0.1) is 17.0 Å². The number of ether oxygens (including phenoxy) is 2. The molecular weight excluding hydrogens is 1400 g/mol. The zero-order valence-corrected chi connectivity index (χ0v) is 54.5. The number of alkyl halides is 1. The molecule has 0 radical (unpaired) electrons. The van der Waals surface area contributed by atoms with Gasteiger partial charge in [0.2, 0.25) is 17.7 Å². The molecule has 0 bridgehead atoms. The van der Waals surface area contributed by atoms with Crippen LogP contribution in [-0.2, 0) is 69.8 Å². The number of carbonyl (C=O) groups is 6. The summed E-state index contributed by atoms with van der Waals surface area (Å²) < 4.78 is 12.8. The van der Waals surface area contributed by atoms with Crippen molar-refractivity contribution in [1.82, 2.24) is 44.5 Å². The van der Waals surface area contributed by atoms with Gasteiger partial charge in [0.25, 0.3) is 0 Å². The van der Waals surface area contributed by atoms with E-state index < -0.39 is 17.5 Å². The summed E-state index contributed by atoms with van der Waals surface area (Å²) in [7, 11) is 7.46. The van der Waals surface area contributed by atoms with E-state index in [1.165, 1.54) is 18.3 Å². The molecule has 0 saturated heterocycles. The van der Waals surface area contributed by atoms with E-state index in [9.17, 15) is 28.8 Å². The van der Waals surface area contributed by atoms with E-state index in [-0.39, 0.29) is 54.6 Å². The third-order valence-electron chi connectivity index (χ3n) is 10.7. The minimum absolute atomic E-state index is 0. The number of nitrogens with zero attached hydrogens (tertiary/aromatic N) is 9. The van der Waals surface area contributed by atoms with Gasteiger partial charge >= 0.3 is 17.9 Å². The van der Waals surface area contributed by atoms with Gasteiger partial charge in [-0.1, -0.05) is 23.4 Å². The minimum atomic E-state index is -1.00. The molecule has 0 aliphatic carbocycles. The molecule has 3 aliphatic rings. The van der Waals surface area contributed by atoms with Crippen LogP contribution in [0.3, 0.4) is 0 Å². The highest BCUT2D eigenvalue weighted by molar-refractivity contribution is 9.11. The van der Waals surface area contributed by atoms with Gasteiger partial charge in [0, 0.05) is 116 Å². The number of esters is 2. The molecule has 0 spiro atoms. The van der Waals surface area contributed by atoms with Crippen LogP contribution in [0.1, 0.15) is 74.1 Å². The molecule has 5 aromatic rings. The molecule has 0 aromatic carbocycles. The Balaban J connectivity index is 0.000000359. The molecule has 3 aliphatic heterocycles. The number of carbonyl (C=O) groups excluding carboxylic acids is 5. The molecular formula is C55H71Br5N14O9. The molecule has 8 heterocycles. The Morgan fingerprint density at radius 2 is 1.06 bits per heavy atom. The molecule has 0 saturated carbocycles. The summed E-state index contributed by atoms with van der Waals surface area (Å²) in [6.07, 6.45) is 13.7. The summed E-state index contributed by atoms with van der Waals surface area (Å²) in [5.74, 6) is 1.01. The van der Waals surface area contributed by atoms with Gasteiger partial charge in [-0.3, -0.25) is 38.8 Å². The highest BCUT2D eigenvalue weighted by Crippen LogP contribution is 2.24. The molecule has 450 valence electrons. The maximum Gasteiger partial charge on any atom is 0.331 e. The van der Waals surface area contributed by atoms with Crippen molar-refractivity contribution >= 4 is 158 Å². The number of carboxylic acid groups (broad SMARTS) is 1. The summed E-state index contributed by atoms with van der Waals surface area (Å²) in [5.41, 5.74) is 17.0. The second-order valence-corrected chi connectivity index (χ2v) is 22.7. The maximum atomic E-state index is 11.7. The molecule has 0 atom stereocenters. The van der Waals surface area contributed by atoms with E-state index in [2.05, 4.69) is 105 Å². The summed E-state index contributed by atoms with van der Waals surface area (Å²) in [6, 6.07) is 9.54. The number of amides is 3. The van der Waals surface area contributed by atoms with Crippen molar-refractivity contribution in [3.63, 3.8) is 0 Å². The topological polar surface area (TPSA) is 307 Å². The van der Waals surface area contributed by atoms with Gasteiger partial charge in [0.05, 0.1) is 32.8 Å². The zero-order chi connectivity index (χ0) is 60.0. The lowest BCUT2D eigenvalue weighted by Crippen LogP contribution is -2.27. The first kappa shape index (κ1) is 73.0. The smallest absolute Gasteiger partial charge is 0.331 e. The largest absolute Gasteiger partial charge is 0.478 e. The number of likely N-dealkylation sites (N-methyl/N-ethyl adjacent to an activating group) is 4. The van der Waals surface area contributed by atoms with Gasteiger partial charge in [0.1, 0.15) is 34.7 Å². The number of carboxylic acids is 1. The van der Waals surface area contributed by atoms with Crippen LogP contribution in [-0.4, -0.2) is 152 Å². The van der Waals surface area contributed by atoms with Crippen LogP contribution in [0.15, 0.2) is 86.9 Å². The Kier molecular flexibility index (Phi) is 31.6. The fourth-order valence-electron chi connectivity index (χ4n) is 7.37. The van der Waals surface area contributed by atoms with Gasteiger partial charge < -0.3 is 42.0 Å². The van der Waals surface area contributed by atoms with Crippen LogP contribution < -0.4 is 27.4 Å². The predicted octanol–water partition coefficient (Wildman–Crippen LogP) is 8.57. The lowest BCUT2D eigenvalue weighted by Gasteiger charge is -2.17. The van der Waals surface area contributed by atoms with Crippen molar-refractivity contribution in [3.8, 4) is 0 Å². The summed E-state index contributed by atoms with van der Waals surface area (Å²) in [4.78, 5) is 95.9. The van der Waals surface area contributed by atoms with Crippen molar-refractivity contribution in [2.24, 2.45) is 0 Å². The number of nitrogens with one attached hydrogen (secondary N) is 3. The number of anilines is 5.